The summed E-state index contributed by atoms with van der Waals surface area (Å²) < 4.78 is 24.9. The molecule has 0 bridgehead atoms. The van der Waals surface area contributed by atoms with E-state index in [1.807, 2.05) is 0 Å². The molecule has 0 spiro atoms. The summed E-state index contributed by atoms with van der Waals surface area (Å²) >= 11 is 0. The van der Waals surface area contributed by atoms with Crippen molar-refractivity contribution >= 4 is 27.5 Å². The van der Waals surface area contributed by atoms with Crippen LogP contribution in [0.1, 0.15) is 18.4 Å². The van der Waals surface area contributed by atoms with Gasteiger partial charge in [0.2, 0.25) is 21.8 Å². The van der Waals surface area contributed by atoms with E-state index in [2.05, 4.69) is 6.07 Å². The third-order valence-corrected chi connectivity index (χ3v) is 6.05. The second-order valence-electron chi connectivity index (χ2n) is 6.47. The summed E-state index contributed by atoms with van der Waals surface area (Å²) in [7, 11) is -3.46. The third kappa shape index (κ3) is 3.43. The smallest absolute Gasteiger partial charge is 0.246 e. The number of carbonyl (C=O) groups excluding carboxylic acids is 2. The van der Waals surface area contributed by atoms with Crippen molar-refractivity contribution in [2.75, 3.05) is 37.3 Å². The standard InChI is InChI=1S/C17H20N4O4S/c1-26(24,25)21-8-4-7-15(21)17(23)19-9-10-20(16(22)12-19)14-6-3-2-5-13(14)11-18/h2-3,5-6,15H,4,7-10,12H2,1H3/t15-/m1/s1. The number of piperazine rings is 1. The minimum Gasteiger partial charge on any atom is -0.330 e. The van der Waals surface area contributed by atoms with Crippen LogP contribution in [0.4, 0.5) is 5.69 Å². The lowest BCUT2D eigenvalue weighted by atomic mass is 10.1. The minimum absolute atomic E-state index is 0.118. The van der Waals surface area contributed by atoms with Crippen molar-refractivity contribution in [3.8, 4) is 6.07 Å². The molecule has 2 amide bonds. The Kier molecular flexibility index (Phi) is 4.98. The molecule has 26 heavy (non-hydrogen) atoms. The van der Waals surface area contributed by atoms with Crippen LogP contribution < -0.4 is 4.90 Å². The van der Waals surface area contributed by atoms with E-state index in [0.717, 1.165) is 6.26 Å². The number of benzene rings is 1. The zero-order chi connectivity index (χ0) is 18.9. The Morgan fingerprint density at radius 1 is 1.23 bits per heavy atom. The van der Waals surface area contributed by atoms with E-state index in [1.165, 1.54) is 14.1 Å². The van der Waals surface area contributed by atoms with Gasteiger partial charge in [0.15, 0.2) is 0 Å². The molecule has 2 fully saturated rings. The summed E-state index contributed by atoms with van der Waals surface area (Å²) in [6, 6.07) is 8.17. The summed E-state index contributed by atoms with van der Waals surface area (Å²) in [5, 5.41) is 9.21. The summed E-state index contributed by atoms with van der Waals surface area (Å²) in [6.45, 7) is 0.790. The first-order valence-corrected chi connectivity index (χ1v) is 10.2. The second-order valence-corrected chi connectivity index (χ2v) is 8.40. The molecule has 0 saturated carbocycles. The molecular weight excluding hydrogens is 356 g/mol. The van der Waals surface area contributed by atoms with Gasteiger partial charge in [0.25, 0.3) is 0 Å². The van der Waals surface area contributed by atoms with Crippen molar-refractivity contribution < 1.29 is 18.0 Å². The van der Waals surface area contributed by atoms with Crippen LogP contribution in [0.5, 0.6) is 0 Å². The summed E-state index contributed by atoms with van der Waals surface area (Å²) in [4.78, 5) is 28.3. The Morgan fingerprint density at radius 3 is 2.62 bits per heavy atom. The van der Waals surface area contributed by atoms with Crippen molar-refractivity contribution in [1.82, 2.24) is 9.21 Å². The van der Waals surface area contributed by atoms with E-state index in [4.69, 9.17) is 0 Å². The number of hydrogen-bond acceptors (Lipinski definition) is 5. The molecule has 2 heterocycles. The predicted molar refractivity (Wildman–Crippen MR) is 94.7 cm³/mol. The van der Waals surface area contributed by atoms with Crippen molar-refractivity contribution in [2.24, 2.45) is 0 Å². The molecule has 1 aromatic rings. The number of hydrogen-bond donors (Lipinski definition) is 0. The Hall–Kier alpha value is -2.44. The monoisotopic (exact) mass is 376 g/mol. The molecule has 8 nitrogen and oxygen atoms in total. The zero-order valence-corrected chi connectivity index (χ0v) is 15.3. The summed E-state index contributed by atoms with van der Waals surface area (Å²) in [5.41, 5.74) is 0.936. The number of carbonyl (C=O) groups is 2. The molecule has 1 atom stereocenters. The topological polar surface area (TPSA) is 102 Å². The van der Waals surface area contributed by atoms with Gasteiger partial charge in [0.05, 0.1) is 17.5 Å². The zero-order valence-electron chi connectivity index (χ0n) is 14.5. The van der Waals surface area contributed by atoms with Crippen LogP contribution in [0.3, 0.4) is 0 Å². The normalized spacial score (nSPS) is 21.7. The molecular formula is C17H20N4O4S. The molecule has 3 rings (SSSR count). The van der Waals surface area contributed by atoms with Crippen LogP contribution in [0.2, 0.25) is 0 Å². The number of para-hydroxylation sites is 1. The van der Waals surface area contributed by atoms with Gasteiger partial charge < -0.3 is 9.80 Å². The number of rotatable bonds is 3. The highest BCUT2D eigenvalue weighted by Gasteiger charge is 2.40. The highest BCUT2D eigenvalue weighted by molar-refractivity contribution is 7.88. The first kappa shape index (κ1) is 18.4. The average molecular weight is 376 g/mol. The fourth-order valence-electron chi connectivity index (χ4n) is 3.51. The maximum absolute atomic E-state index is 12.8. The molecule has 9 heteroatoms. The molecule has 0 N–H and O–H groups in total. The van der Waals surface area contributed by atoms with Crippen molar-refractivity contribution in [1.29, 1.82) is 5.26 Å². The third-order valence-electron chi connectivity index (χ3n) is 4.76. The van der Waals surface area contributed by atoms with E-state index in [-0.39, 0.29) is 24.9 Å². The van der Waals surface area contributed by atoms with Gasteiger partial charge in [0.1, 0.15) is 18.7 Å². The largest absolute Gasteiger partial charge is 0.330 e. The lowest BCUT2D eigenvalue weighted by Crippen LogP contribution is -2.56. The molecule has 138 valence electrons. The van der Waals surface area contributed by atoms with Gasteiger partial charge in [-0.15, -0.1) is 0 Å². The van der Waals surface area contributed by atoms with E-state index in [0.29, 0.717) is 37.2 Å². The van der Waals surface area contributed by atoms with Crippen LogP contribution in [-0.2, 0) is 19.6 Å². The maximum Gasteiger partial charge on any atom is 0.246 e. The van der Waals surface area contributed by atoms with Crippen LogP contribution in [0, 0.1) is 11.3 Å². The lowest BCUT2D eigenvalue weighted by molar-refractivity contribution is -0.139. The Labute approximate surface area is 152 Å². The molecule has 1 aromatic carbocycles. The molecule has 0 radical (unpaired) electrons. The van der Waals surface area contributed by atoms with E-state index >= 15 is 0 Å². The quantitative estimate of drug-likeness (QED) is 0.748. The molecule has 2 aliphatic heterocycles. The highest BCUT2D eigenvalue weighted by atomic mass is 32.2. The van der Waals surface area contributed by atoms with E-state index in [1.54, 1.807) is 24.3 Å². The van der Waals surface area contributed by atoms with Gasteiger partial charge >= 0.3 is 0 Å². The summed E-state index contributed by atoms with van der Waals surface area (Å²) in [5.74, 6) is -0.606. The Morgan fingerprint density at radius 2 is 1.96 bits per heavy atom. The first-order valence-electron chi connectivity index (χ1n) is 8.38. The van der Waals surface area contributed by atoms with Gasteiger partial charge in [-0.25, -0.2) is 8.42 Å². The fraction of sp³-hybridized carbons (Fsp3) is 0.471. The van der Waals surface area contributed by atoms with Gasteiger partial charge in [-0.05, 0) is 25.0 Å². The van der Waals surface area contributed by atoms with Crippen LogP contribution in [0.15, 0.2) is 24.3 Å². The maximum atomic E-state index is 12.8. The molecule has 0 aromatic heterocycles. The predicted octanol–water partition coefficient (Wildman–Crippen LogP) is 0.157. The minimum atomic E-state index is -3.46. The molecule has 2 saturated heterocycles. The van der Waals surface area contributed by atoms with Gasteiger partial charge in [-0.2, -0.15) is 9.57 Å². The number of sulfonamides is 1. The van der Waals surface area contributed by atoms with Crippen LogP contribution >= 0.6 is 0 Å². The Balaban J connectivity index is 1.74. The van der Waals surface area contributed by atoms with E-state index < -0.39 is 16.1 Å². The highest BCUT2D eigenvalue weighted by Crippen LogP contribution is 2.25. The number of nitrogens with zero attached hydrogens (tertiary/aromatic N) is 4. The molecule has 2 aliphatic rings. The number of anilines is 1. The molecule has 0 aliphatic carbocycles. The van der Waals surface area contributed by atoms with Crippen LogP contribution in [-0.4, -0.2) is 67.9 Å². The Bertz CT molecular complexity index is 877. The second kappa shape index (κ2) is 7.05. The SMILES string of the molecule is CS(=O)(=O)N1CCC[C@@H]1C(=O)N1CCN(c2ccccc2C#N)C(=O)C1. The average Bonchev–Trinajstić information content (AvgIpc) is 3.11. The fourth-order valence-corrected chi connectivity index (χ4v) is 4.63. The van der Waals surface area contributed by atoms with Gasteiger partial charge in [-0.1, -0.05) is 12.1 Å². The summed E-state index contributed by atoms with van der Waals surface area (Å²) in [6.07, 6.45) is 2.20. The van der Waals surface area contributed by atoms with Gasteiger partial charge in [0, 0.05) is 19.6 Å². The first-order chi connectivity index (χ1) is 12.3. The van der Waals surface area contributed by atoms with Crippen molar-refractivity contribution in [2.45, 2.75) is 18.9 Å². The van der Waals surface area contributed by atoms with Crippen LogP contribution in [0.25, 0.3) is 0 Å². The lowest BCUT2D eigenvalue weighted by Gasteiger charge is -2.36. The van der Waals surface area contributed by atoms with E-state index in [9.17, 15) is 23.3 Å². The van der Waals surface area contributed by atoms with Crippen molar-refractivity contribution in [3.63, 3.8) is 0 Å². The van der Waals surface area contributed by atoms with Crippen molar-refractivity contribution in [3.05, 3.63) is 29.8 Å². The molecule has 0 unspecified atom stereocenters. The number of amides is 2. The van der Waals surface area contributed by atoms with Gasteiger partial charge in [-0.3, -0.25) is 9.59 Å². The number of nitriles is 1.